The number of piperidine rings is 1. The third-order valence-corrected chi connectivity index (χ3v) is 5.19. The lowest BCUT2D eigenvalue weighted by Gasteiger charge is -2.32. The van der Waals surface area contributed by atoms with Crippen molar-refractivity contribution in [3.63, 3.8) is 0 Å². The Balaban J connectivity index is 1.40. The molecule has 6 nitrogen and oxygen atoms in total. The molecule has 2 aromatic heterocycles. The van der Waals surface area contributed by atoms with Crippen molar-refractivity contribution in [3.05, 3.63) is 65.6 Å². The molecule has 1 amide bonds. The number of hydrogen-bond acceptors (Lipinski definition) is 4. The van der Waals surface area contributed by atoms with E-state index < -0.39 is 0 Å². The molecule has 1 aromatic carbocycles. The second-order valence-electron chi connectivity index (χ2n) is 6.97. The van der Waals surface area contributed by atoms with Gasteiger partial charge in [-0.3, -0.25) is 9.20 Å². The molecule has 1 aliphatic heterocycles. The van der Waals surface area contributed by atoms with Crippen molar-refractivity contribution in [2.75, 3.05) is 13.1 Å². The number of carbonyl (C=O) groups is 1. The minimum Gasteiger partial charge on any atom is -0.342 e. The second-order valence-corrected chi connectivity index (χ2v) is 6.97. The van der Waals surface area contributed by atoms with Crippen molar-refractivity contribution in [2.24, 2.45) is 0 Å². The summed E-state index contributed by atoms with van der Waals surface area (Å²) >= 11 is 0. The average molecular weight is 359 g/mol. The highest BCUT2D eigenvalue weighted by molar-refractivity contribution is 5.76. The lowest BCUT2D eigenvalue weighted by Crippen LogP contribution is -2.39. The smallest absolute Gasteiger partial charge is 0.222 e. The molecule has 0 spiro atoms. The molecule has 3 aromatic rings. The predicted molar refractivity (Wildman–Crippen MR) is 101 cm³/mol. The van der Waals surface area contributed by atoms with Gasteiger partial charge in [-0.25, -0.2) is 0 Å². The Bertz CT molecular complexity index is 986. The van der Waals surface area contributed by atoms with E-state index in [0.717, 1.165) is 36.4 Å². The Hall–Kier alpha value is -3.20. The van der Waals surface area contributed by atoms with Gasteiger partial charge < -0.3 is 4.90 Å². The Morgan fingerprint density at radius 3 is 2.85 bits per heavy atom. The molecule has 3 heterocycles. The summed E-state index contributed by atoms with van der Waals surface area (Å²) in [6.45, 7) is 1.50. The van der Waals surface area contributed by atoms with Crippen molar-refractivity contribution >= 4 is 11.6 Å². The predicted octanol–water partition coefficient (Wildman–Crippen LogP) is 2.94. The van der Waals surface area contributed by atoms with Crippen LogP contribution in [0.15, 0.2) is 48.7 Å². The highest BCUT2D eigenvalue weighted by Gasteiger charge is 2.27. The summed E-state index contributed by atoms with van der Waals surface area (Å²) in [6, 6.07) is 15.4. The van der Waals surface area contributed by atoms with E-state index in [-0.39, 0.29) is 11.8 Å². The minimum absolute atomic E-state index is 0.179. The number of aromatic nitrogens is 3. The van der Waals surface area contributed by atoms with Gasteiger partial charge in [0, 0.05) is 31.6 Å². The minimum atomic E-state index is 0.179. The summed E-state index contributed by atoms with van der Waals surface area (Å²) in [5, 5.41) is 17.5. The van der Waals surface area contributed by atoms with Gasteiger partial charge in [0.2, 0.25) is 5.91 Å². The molecule has 0 saturated carbocycles. The summed E-state index contributed by atoms with van der Waals surface area (Å²) in [5.74, 6) is 1.34. The van der Waals surface area contributed by atoms with Crippen LogP contribution in [0.3, 0.4) is 0 Å². The van der Waals surface area contributed by atoms with Gasteiger partial charge in [0.25, 0.3) is 0 Å². The molecule has 1 fully saturated rings. The Kier molecular flexibility index (Phi) is 4.84. The van der Waals surface area contributed by atoms with Gasteiger partial charge in [0.15, 0.2) is 5.65 Å². The molecule has 0 N–H and O–H groups in total. The van der Waals surface area contributed by atoms with E-state index in [2.05, 4.69) is 16.3 Å². The van der Waals surface area contributed by atoms with Crippen LogP contribution in [0.4, 0.5) is 0 Å². The molecule has 4 rings (SSSR count). The normalized spacial score (nSPS) is 17.0. The van der Waals surface area contributed by atoms with E-state index in [1.807, 2.05) is 45.8 Å². The van der Waals surface area contributed by atoms with Crippen LogP contribution in [0.2, 0.25) is 0 Å². The van der Waals surface area contributed by atoms with Gasteiger partial charge in [0.05, 0.1) is 11.6 Å². The number of carbonyl (C=O) groups excluding carboxylic acids is 1. The first-order chi connectivity index (χ1) is 13.2. The van der Waals surface area contributed by atoms with Crippen LogP contribution >= 0.6 is 0 Å². The number of rotatable bonds is 4. The van der Waals surface area contributed by atoms with Crippen LogP contribution < -0.4 is 0 Å². The second kappa shape index (κ2) is 7.58. The number of nitriles is 1. The fourth-order valence-electron chi connectivity index (χ4n) is 3.71. The maximum Gasteiger partial charge on any atom is 0.222 e. The summed E-state index contributed by atoms with van der Waals surface area (Å²) in [7, 11) is 0. The van der Waals surface area contributed by atoms with Crippen LogP contribution in [-0.4, -0.2) is 38.5 Å². The first kappa shape index (κ1) is 17.2. The van der Waals surface area contributed by atoms with Gasteiger partial charge in [-0.2, -0.15) is 5.26 Å². The number of amides is 1. The van der Waals surface area contributed by atoms with Crippen LogP contribution in [0.25, 0.3) is 5.65 Å². The molecule has 1 unspecified atom stereocenters. The largest absolute Gasteiger partial charge is 0.342 e. The molecular weight excluding hydrogens is 338 g/mol. The number of nitrogens with zero attached hydrogens (tertiary/aromatic N) is 5. The molecule has 0 aliphatic carbocycles. The van der Waals surface area contributed by atoms with Crippen LogP contribution in [0.1, 0.15) is 42.1 Å². The fraction of sp³-hybridized carbons (Fsp3) is 0.333. The van der Waals surface area contributed by atoms with Gasteiger partial charge >= 0.3 is 0 Å². The fourth-order valence-corrected chi connectivity index (χ4v) is 3.71. The molecule has 27 heavy (non-hydrogen) atoms. The average Bonchev–Trinajstić information content (AvgIpc) is 3.16. The van der Waals surface area contributed by atoms with E-state index in [4.69, 9.17) is 5.26 Å². The molecule has 1 saturated heterocycles. The number of benzene rings is 1. The third kappa shape index (κ3) is 3.68. The van der Waals surface area contributed by atoms with Crippen molar-refractivity contribution < 1.29 is 4.79 Å². The molecule has 136 valence electrons. The summed E-state index contributed by atoms with van der Waals surface area (Å²) in [6.07, 6.45) is 5.17. The third-order valence-electron chi connectivity index (χ3n) is 5.19. The first-order valence-electron chi connectivity index (χ1n) is 9.31. The van der Waals surface area contributed by atoms with Gasteiger partial charge in [-0.05, 0) is 49.1 Å². The summed E-state index contributed by atoms with van der Waals surface area (Å²) in [5.41, 5.74) is 2.57. The van der Waals surface area contributed by atoms with E-state index >= 15 is 0 Å². The zero-order chi connectivity index (χ0) is 18.6. The van der Waals surface area contributed by atoms with Crippen LogP contribution in [0.5, 0.6) is 0 Å². The zero-order valence-electron chi connectivity index (χ0n) is 15.1. The molecule has 0 radical (unpaired) electrons. The van der Waals surface area contributed by atoms with Crippen molar-refractivity contribution in [2.45, 2.75) is 31.6 Å². The molecule has 6 heteroatoms. The van der Waals surface area contributed by atoms with E-state index in [9.17, 15) is 4.79 Å². The molecule has 1 atom stereocenters. The van der Waals surface area contributed by atoms with Crippen molar-refractivity contribution in [1.82, 2.24) is 19.5 Å². The van der Waals surface area contributed by atoms with E-state index in [1.54, 1.807) is 12.1 Å². The van der Waals surface area contributed by atoms with Gasteiger partial charge in [-0.1, -0.05) is 18.2 Å². The van der Waals surface area contributed by atoms with Gasteiger partial charge in [0.1, 0.15) is 5.82 Å². The highest BCUT2D eigenvalue weighted by atomic mass is 16.2. The number of fused-ring (bicyclic) bond motifs is 1. The molecule has 1 aliphatic rings. The standard InChI is InChI=1S/C21H21N5O/c22-14-17-8-6-16(7-9-17)10-11-20(27)25-12-3-4-18(15-25)21-24-23-19-5-1-2-13-26(19)21/h1-2,5-9,13,18H,3-4,10-12,15H2. The van der Waals surface area contributed by atoms with Crippen molar-refractivity contribution in [3.8, 4) is 6.07 Å². The van der Waals surface area contributed by atoms with Crippen molar-refractivity contribution in [1.29, 1.82) is 5.26 Å². The highest BCUT2D eigenvalue weighted by Crippen LogP contribution is 2.26. The van der Waals surface area contributed by atoms with Crippen LogP contribution in [-0.2, 0) is 11.2 Å². The summed E-state index contributed by atoms with van der Waals surface area (Å²) in [4.78, 5) is 14.7. The maximum absolute atomic E-state index is 12.7. The Morgan fingerprint density at radius 2 is 2.04 bits per heavy atom. The topological polar surface area (TPSA) is 74.3 Å². The maximum atomic E-state index is 12.7. The SMILES string of the molecule is N#Cc1ccc(CCC(=O)N2CCCC(c3nnc4ccccn34)C2)cc1. The lowest BCUT2D eigenvalue weighted by molar-refractivity contribution is -0.132. The number of hydrogen-bond donors (Lipinski definition) is 0. The van der Waals surface area contributed by atoms with Gasteiger partial charge in [-0.15, -0.1) is 10.2 Å². The zero-order valence-corrected chi connectivity index (χ0v) is 15.1. The molecular formula is C21H21N5O. The number of aryl methyl sites for hydroxylation is 1. The quantitative estimate of drug-likeness (QED) is 0.718. The van der Waals surface area contributed by atoms with E-state index in [0.29, 0.717) is 24.9 Å². The number of likely N-dealkylation sites (tertiary alicyclic amines) is 1. The monoisotopic (exact) mass is 359 g/mol. The molecule has 0 bridgehead atoms. The Morgan fingerprint density at radius 1 is 1.19 bits per heavy atom. The number of pyridine rings is 1. The summed E-state index contributed by atoms with van der Waals surface area (Å²) < 4.78 is 2.02. The Labute approximate surface area is 158 Å². The first-order valence-corrected chi connectivity index (χ1v) is 9.31. The van der Waals surface area contributed by atoms with Crippen LogP contribution in [0, 0.1) is 11.3 Å². The lowest BCUT2D eigenvalue weighted by atomic mass is 9.96. The van der Waals surface area contributed by atoms with E-state index in [1.165, 1.54) is 0 Å².